The Hall–Kier alpha value is -1.15. The van der Waals surface area contributed by atoms with Crippen LogP contribution < -0.4 is 5.30 Å². The van der Waals surface area contributed by atoms with E-state index in [0.717, 1.165) is 35.5 Å². The standard InChI is InChI=1S/C26H35N4P/c31-22-15-30(28-24(22)26-12-19-6-20(13-26)8-21(7-19)14-26)29-2-1-23(27-29)25-9-16-3-17(10-25)5-18(4-16)11-25/h1-2,15-21H,3-14,31H2. The summed E-state index contributed by atoms with van der Waals surface area (Å²) < 4.78 is 0. The molecule has 1 atom stereocenters. The lowest BCUT2D eigenvalue weighted by molar-refractivity contribution is -0.00806. The molecule has 164 valence electrons. The van der Waals surface area contributed by atoms with Crippen LogP contribution in [0.3, 0.4) is 0 Å². The van der Waals surface area contributed by atoms with Crippen molar-refractivity contribution < 1.29 is 0 Å². The van der Waals surface area contributed by atoms with E-state index in [1.807, 2.05) is 9.58 Å². The highest BCUT2D eigenvalue weighted by molar-refractivity contribution is 7.27. The van der Waals surface area contributed by atoms with Gasteiger partial charge in [0.05, 0.1) is 23.8 Å². The first-order chi connectivity index (χ1) is 15.1. The number of hydrogen-bond acceptors (Lipinski definition) is 2. The van der Waals surface area contributed by atoms with Crippen molar-refractivity contribution in [3.8, 4) is 0 Å². The van der Waals surface area contributed by atoms with Gasteiger partial charge in [0, 0.05) is 16.1 Å². The van der Waals surface area contributed by atoms with Gasteiger partial charge in [-0.05, 0) is 119 Å². The quantitative estimate of drug-likeness (QED) is 0.649. The molecule has 8 aliphatic carbocycles. The zero-order chi connectivity index (χ0) is 20.4. The number of aromatic nitrogens is 4. The van der Waals surface area contributed by atoms with Gasteiger partial charge in [-0.3, -0.25) is 0 Å². The predicted molar refractivity (Wildman–Crippen MR) is 124 cm³/mol. The Morgan fingerprint density at radius 1 is 0.677 bits per heavy atom. The first-order valence-electron chi connectivity index (χ1n) is 13.0. The Morgan fingerprint density at radius 2 is 1.16 bits per heavy atom. The van der Waals surface area contributed by atoms with Crippen LogP contribution in [-0.4, -0.2) is 19.8 Å². The summed E-state index contributed by atoms with van der Waals surface area (Å²) in [6.45, 7) is 0. The van der Waals surface area contributed by atoms with Crippen LogP contribution in [-0.2, 0) is 10.8 Å². The van der Waals surface area contributed by atoms with E-state index >= 15 is 0 Å². The Kier molecular flexibility index (Phi) is 3.57. The van der Waals surface area contributed by atoms with Crippen molar-refractivity contribution in [2.75, 3.05) is 0 Å². The monoisotopic (exact) mass is 434 g/mol. The zero-order valence-electron chi connectivity index (χ0n) is 18.5. The molecule has 0 aromatic carbocycles. The van der Waals surface area contributed by atoms with Crippen LogP contribution in [0.15, 0.2) is 18.5 Å². The van der Waals surface area contributed by atoms with Gasteiger partial charge >= 0.3 is 0 Å². The molecule has 0 amide bonds. The van der Waals surface area contributed by atoms with Crippen LogP contribution in [0.25, 0.3) is 0 Å². The van der Waals surface area contributed by atoms with Crippen molar-refractivity contribution in [3.63, 3.8) is 0 Å². The van der Waals surface area contributed by atoms with Gasteiger partial charge in [0.15, 0.2) is 0 Å². The second-order valence-corrected chi connectivity index (χ2v) is 13.5. The molecular weight excluding hydrogens is 399 g/mol. The molecule has 0 aliphatic heterocycles. The highest BCUT2D eigenvalue weighted by atomic mass is 31.0. The molecule has 0 saturated heterocycles. The Morgan fingerprint density at radius 3 is 1.68 bits per heavy atom. The maximum Gasteiger partial charge on any atom is 0.0779 e. The second kappa shape index (κ2) is 6.04. The van der Waals surface area contributed by atoms with Crippen LogP contribution in [0.1, 0.15) is 88.4 Å². The van der Waals surface area contributed by atoms with Gasteiger partial charge in [-0.25, -0.2) is 0 Å². The molecule has 8 fully saturated rings. The summed E-state index contributed by atoms with van der Waals surface area (Å²) in [5, 5.41) is 11.7. The summed E-state index contributed by atoms with van der Waals surface area (Å²) in [5.41, 5.74) is 3.42. The molecule has 0 N–H and O–H groups in total. The summed E-state index contributed by atoms with van der Waals surface area (Å²) in [5.74, 6) is 5.74. The lowest BCUT2D eigenvalue weighted by Gasteiger charge is -2.56. The Balaban J connectivity index is 1.13. The molecule has 10 rings (SSSR count). The third-order valence-electron chi connectivity index (χ3n) is 10.6. The highest BCUT2D eigenvalue weighted by Gasteiger charge is 2.54. The van der Waals surface area contributed by atoms with Crippen molar-refractivity contribution in [1.29, 1.82) is 0 Å². The lowest BCUT2D eigenvalue weighted by Crippen LogP contribution is -2.49. The fraction of sp³-hybridized carbons (Fsp3) is 0.769. The molecule has 1 unspecified atom stereocenters. The molecule has 2 aromatic heterocycles. The maximum absolute atomic E-state index is 5.23. The third-order valence-corrected chi connectivity index (χ3v) is 11.1. The molecule has 8 saturated carbocycles. The van der Waals surface area contributed by atoms with E-state index in [9.17, 15) is 0 Å². The minimum absolute atomic E-state index is 0.340. The molecule has 5 heteroatoms. The molecule has 2 aromatic rings. The van der Waals surface area contributed by atoms with Crippen LogP contribution >= 0.6 is 9.24 Å². The molecule has 2 heterocycles. The Labute approximate surface area is 187 Å². The maximum atomic E-state index is 5.23. The lowest BCUT2D eigenvalue weighted by atomic mass is 9.49. The van der Waals surface area contributed by atoms with Crippen molar-refractivity contribution in [2.24, 2.45) is 35.5 Å². The molecule has 8 bridgehead atoms. The first-order valence-corrected chi connectivity index (χ1v) is 13.6. The van der Waals surface area contributed by atoms with Gasteiger partial charge in [-0.1, -0.05) is 0 Å². The minimum atomic E-state index is 0.340. The highest BCUT2D eigenvalue weighted by Crippen LogP contribution is 2.61. The van der Waals surface area contributed by atoms with Crippen LogP contribution in [0.5, 0.6) is 0 Å². The van der Waals surface area contributed by atoms with E-state index < -0.39 is 0 Å². The SMILES string of the molecule is Pc1cn(-n2ccc(C34CC5CC(CC(C5)C3)C4)n2)nc1C12CC3CC(CC(C3)C1)C2. The van der Waals surface area contributed by atoms with E-state index in [-0.39, 0.29) is 0 Å². The van der Waals surface area contributed by atoms with Gasteiger partial charge in [0.2, 0.25) is 0 Å². The van der Waals surface area contributed by atoms with Crippen molar-refractivity contribution in [2.45, 2.75) is 87.9 Å². The van der Waals surface area contributed by atoms with E-state index in [2.05, 4.69) is 27.7 Å². The summed E-state index contributed by atoms with van der Waals surface area (Å²) >= 11 is 0. The average Bonchev–Trinajstić information content (AvgIpc) is 3.33. The number of rotatable bonds is 3. The van der Waals surface area contributed by atoms with Gasteiger partial charge in [-0.2, -0.15) is 19.8 Å². The van der Waals surface area contributed by atoms with Crippen LogP contribution in [0.2, 0.25) is 0 Å². The Bertz CT molecular complexity index is 977. The van der Waals surface area contributed by atoms with Crippen LogP contribution in [0.4, 0.5) is 0 Å². The molecule has 0 radical (unpaired) electrons. The molecule has 8 aliphatic rings. The summed E-state index contributed by atoms with van der Waals surface area (Å²) in [4.78, 5) is 4.08. The smallest absolute Gasteiger partial charge is 0.0779 e. The fourth-order valence-electron chi connectivity index (χ4n) is 10.4. The van der Waals surface area contributed by atoms with Gasteiger partial charge in [0.1, 0.15) is 0 Å². The van der Waals surface area contributed by atoms with Crippen molar-refractivity contribution in [1.82, 2.24) is 19.8 Å². The minimum Gasteiger partial charge on any atom is -0.159 e. The molecular formula is C26H35N4P. The number of nitrogens with zero attached hydrogens (tertiary/aromatic N) is 4. The van der Waals surface area contributed by atoms with E-state index in [1.165, 1.54) is 93.7 Å². The first kappa shape index (κ1) is 18.3. The van der Waals surface area contributed by atoms with Crippen LogP contribution in [0, 0.1) is 35.5 Å². The molecule has 31 heavy (non-hydrogen) atoms. The zero-order valence-corrected chi connectivity index (χ0v) is 19.7. The molecule has 4 nitrogen and oxygen atoms in total. The predicted octanol–water partition coefficient (Wildman–Crippen LogP) is 4.83. The fourth-order valence-corrected chi connectivity index (χ4v) is 10.9. The van der Waals surface area contributed by atoms with E-state index in [1.54, 1.807) is 0 Å². The largest absolute Gasteiger partial charge is 0.159 e. The summed E-state index contributed by atoms with van der Waals surface area (Å²) in [7, 11) is 3.02. The average molecular weight is 435 g/mol. The topological polar surface area (TPSA) is 35.6 Å². The normalized spacial score (nSPS) is 46.9. The van der Waals surface area contributed by atoms with Gasteiger partial charge < -0.3 is 0 Å². The molecule has 0 spiro atoms. The second-order valence-electron chi connectivity index (χ2n) is 12.9. The summed E-state index contributed by atoms with van der Waals surface area (Å²) in [6, 6.07) is 2.32. The third kappa shape index (κ3) is 2.58. The van der Waals surface area contributed by atoms with E-state index in [4.69, 9.17) is 10.2 Å². The van der Waals surface area contributed by atoms with Crippen molar-refractivity contribution >= 4 is 14.5 Å². The van der Waals surface area contributed by atoms with Crippen molar-refractivity contribution in [3.05, 3.63) is 29.8 Å². The van der Waals surface area contributed by atoms with Gasteiger partial charge in [-0.15, -0.1) is 9.24 Å². The number of hydrogen-bond donors (Lipinski definition) is 0. The summed E-state index contributed by atoms with van der Waals surface area (Å²) in [6.07, 6.45) is 21.6. The van der Waals surface area contributed by atoms with Gasteiger partial charge in [0.25, 0.3) is 0 Å². The van der Waals surface area contributed by atoms with E-state index in [0.29, 0.717) is 10.8 Å².